The van der Waals surface area contributed by atoms with Gasteiger partial charge in [0, 0.05) is 27.7 Å². The van der Waals surface area contributed by atoms with Gasteiger partial charge in [0.15, 0.2) is 0 Å². The van der Waals surface area contributed by atoms with Crippen LogP contribution in [0.2, 0.25) is 0 Å². The molecular formula is C25H30O9. The highest BCUT2D eigenvalue weighted by Gasteiger charge is 2.34. The van der Waals surface area contributed by atoms with E-state index in [9.17, 15) is 14.4 Å². The highest BCUT2D eigenvalue weighted by molar-refractivity contribution is 5.90. The molecule has 0 bridgehead atoms. The largest absolute Gasteiger partial charge is 0.513 e. The maximum absolute atomic E-state index is 12.2. The highest BCUT2D eigenvalue weighted by atomic mass is 17.3. The lowest BCUT2D eigenvalue weighted by Crippen LogP contribution is -2.38. The molecule has 0 saturated heterocycles. The molecule has 184 valence electrons. The molecule has 0 N–H and O–H groups in total. The summed E-state index contributed by atoms with van der Waals surface area (Å²) in [6.45, 7) is 12.8. The van der Waals surface area contributed by atoms with Gasteiger partial charge in [0.25, 0.3) is 11.6 Å². The van der Waals surface area contributed by atoms with E-state index < -0.39 is 29.7 Å². The zero-order valence-electron chi connectivity index (χ0n) is 20.6. The summed E-state index contributed by atoms with van der Waals surface area (Å²) in [6.07, 6.45) is -1.21. The fourth-order valence-electron chi connectivity index (χ4n) is 3.01. The number of ether oxygens (including phenoxy) is 2. The van der Waals surface area contributed by atoms with Gasteiger partial charge in [-0.1, -0.05) is 34.4 Å². The molecule has 0 amide bonds. The third-order valence-corrected chi connectivity index (χ3v) is 4.21. The van der Waals surface area contributed by atoms with Crippen molar-refractivity contribution < 1.29 is 43.4 Å². The normalized spacial score (nSPS) is 11.5. The van der Waals surface area contributed by atoms with Crippen LogP contribution in [0.5, 0.6) is 0 Å². The molecular weight excluding hydrogens is 444 g/mol. The predicted octanol–water partition coefficient (Wildman–Crippen LogP) is 5.42. The van der Waals surface area contributed by atoms with Gasteiger partial charge in [-0.2, -0.15) is 0 Å². The van der Waals surface area contributed by atoms with E-state index in [1.54, 1.807) is 24.3 Å². The van der Waals surface area contributed by atoms with Gasteiger partial charge >= 0.3 is 18.1 Å². The first-order chi connectivity index (χ1) is 15.7. The van der Waals surface area contributed by atoms with Gasteiger partial charge in [-0.15, -0.1) is 9.78 Å². The molecule has 9 heteroatoms. The zero-order chi connectivity index (χ0) is 25.7. The number of rotatable bonds is 8. The molecule has 0 radical (unpaired) electrons. The lowest BCUT2D eigenvalue weighted by Gasteiger charge is -2.26. The van der Waals surface area contributed by atoms with Crippen molar-refractivity contribution in [3.8, 4) is 0 Å². The molecule has 0 aliphatic carbocycles. The van der Waals surface area contributed by atoms with Crippen molar-refractivity contribution in [2.75, 3.05) is 0 Å². The molecule has 2 rings (SSSR count). The summed E-state index contributed by atoms with van der Waals surface area (Å²) in [6, 6.07) is 10.4. The summed E-state index contributed by atoms with van der Waals surface area (Å²) in [4.78, 5) is 56.3. The van der Waals surface area contributed by atoms with Crippen LogP contribution < -0.4 is 0 Å². The average Bonchev–Trinajstić information content (AvgIpc) is 2.68. The van der Waals surface area contributed by atoms with E-state index in [4.69, 9.17) is 29.0 Å². The summed E-state index contributed by atoms with van der Waals surface area (Å²) >= 11 is 0. The summed E-state index contributed by atoms with van der Waals surface area (Å²) in [5.74, 6) is -4.87. The third-order valence-electron chi connectivity index (χ3n) is 4.21. The molecule has 0 spiro atoms. The average molecular weight is 475 g/mol. The van der Waals surface area contributed by atoms with Crippen LogP contribution >= 0.6 is 0 Å². The van der Waals surface area contributed by atoms with Crippen molar-refractivity contribution in [1.29, 1.82) is 0 Å². The van der Waals surface area contributed by atoms with Gasteiger partial charge in [0.05, 0.1) is 11.1 Å². The van der Waals surface area contributed by atoms with Gasteiger partial charge < -0.3 is 9.47 Å². The Kier molecular flexibility index (Phi) is 8.41. The van der Waals surface area contributed by atoms with Crippen molar-refractivity contribution >= 4 is 18.1 Å². The van der Waals surface area contributed by atoms with Crippen molar-refractivity contribution in [3.63, 3.8) is 0 Å². The Morgan fingerprint density at radius 1 is 0.559 bits per heavy atom. The highest BCUT2D eigenvalue weighted by Crippen LogP contribution is 2.20. The summed E-state index contributed by atoms with van der Waals surface area (Å²) in [7, 11) is 0. The first-order valence-corrected chi connectivity index (χ1v) is 10.5. The van der Waals surface area contributed by atoms with Crippen LogP contribution in [-0.4, -0.2) is 29.7 Å². The first kappa shape index (κ1) is 26.8. The first-order valence-electron chi connectivity index (χ1n) is 10.5. The van der Waals surface area contributed by atoms with Crippen LogP contribution in [0.1, 0.15) is 70.7 Å². The Balaban J connectivity index is 1.87. The van der Waals surface area contributed by atoms with E-state index in [0.717, 1.165) is 22.3 Å². The predicted molar refractivity (Wildman–Crippen MR) is 121 cm³/mol. The van der Waals surface area contributed by atoms with Crippen LogP contribution in [0.3, 0.4) is 0 Å². The van der Waals surface area contributed by atoms with Crippen LogP contribution in [0.25, 0.3) is 0 Å². The second-order valence-corrected chi connectivity index (χ2v) is 8.91. The zero-order valence-corrected chi connectivity index (χ0v) is 20.6. The molecule has 2 aromatic carbocycles. The minimum Gasteiger partial charge on any atom is -0.398 e. The Bertz CT molecular complexity index is 946. The van der Waals surface area contributed by atoms with Crippen molar-refractivity contribution in [2.24, 2.45) is 0 Å². The smallest absolute Gasteiger partial charge is 0.398 e. The van der Waals surface area contributed by atoms with E-state index in [1.807, 2.05) is 39.8 Å². The Labute approximate surface area is 198 Å². The Morgan fingerprint density at radius 2 is 0.853 bits per heavy atom. The third kappa shape index (κ3) is 8.49. The monoisotopic (exact) mass is 474 g/mol. The van der Waals surface area contributed by atoms with Gasteiger partial charge in [-0.3, -0.25) is 9.78 Å². The molecule has 0 heterocycles. The minimum absolute atomic E-state index is 0.288. The molecule has 0 aromatic heterocycles. The second kappa shape index (κ2) is 10.7. The van der Waals surface area contributed by atoms with Gasteiger partial charge in [0.1, 0.15) is 0 Å². The van der Waals surface area contributed by atoms with Gasteiger partial charge in [-0.05, 0) is 52.0 Å². The number of hydrogen-bond donors (Lipinski definition) is 0. The standard InChI is InChI=1S/C25H30O9/c1-15-9-16(2)12-19(11-15)21(26)31-33-24(5,6)29-23(28)30-25(7,8)34-32-22(27)20-13-17(3)10-18(4)14-20/h9-14H,1-8H3. The van der Waals surface area contributed by atoms with Crippen LogP contribution in [0, 0.1) is 27.7 Å². The summed E-state index contributed by atoms with van der Waals surface area (Å²) in [5, 5.41) is 0. The topological polar surface area (TPSA) is 107 Å². The molecule has 9 nitrogen and oxygen atoms in total. The fraction of sp³-hybridized carbons (Fsp3) is 0.400. The molecule has 2 aromatic rings. The molecule has 34 heavy (non-hydrogen) atoms. The molecule has 0 saturated carbocycles. The summed E-state index contributed by atoms with van der Waals surface area (Å²) in [5.41, 5.74) is 4.10. The van der Waals surface area contributed by atoms with Crippen LogP contribution in [0.15, 0.2) is 36.4 Å². The summed E-state index contributed by atoms with van der Waals surface area (Å²) < 4.78 is 10.1. The van der Waals surface area contributed by atoms with Gasteiger partial charge in [0.2, 0.25) is 0 Å². The van der Waals surface area contributed by atoms with Crippen molar-refractivity contribution in [3.05, 3.63) is 69.8 Å². The maximum atomic E-state index is 12.2. The van der Waals surface area contributed by atoms with E-state index in [2.05, 4.69) is 0 Å². The van der Waals surface area contributed by atoms with Crippen LogP contribution in [0.4, 0.5) is 4.79 Å². The number of carbonyl (C=O) groups is 3. The van der Waals surface area contributed by atoms with Gasteiger partial charge in [-0.25, -0.2) is 14.4 Å². The van der Waals surface area contributed by atoms with E-state index >= 15 is 0 Å². The molecule has 0 fully saturated rings. The Hall–Kier alpha value is -3.43. The van der Waals surface area contributed by atoms with Crippen molar-refractivity contribution in [1.82, 2.24) is 0 Å². The molecule has 0 aliphatic rings. The quantitative estimate of drug-likeness (QED) is 0.214. The fourth-order valence-corrected chi connectivity index (χ4v) is 3.01. The number of hydrogen-bond acceptors (Lipinski definition) is 9. The second-order valence-electron chi connectivity index (χ2n) is 8.91. The lowest BCUT2D eigenvalue weighted by atomic mass is 10.1. The molecule has 0 atom stereocenters. The van der Waals surface area contributed by atoms with E-state index in [1.165, 1.54) is 27.7 Å². The number of carbonyl (C=O) groups excluding carboxylic acids is 3. The van der Waals surface area contributed by atoms with E-state index in [0.29, 0.717) is 0 Å². The molecule has 0 aliphatic heterocycles. The maximum Gasteiger partial charge on any atom is 0.513 e. The van der Waals surface area contributed by atoms with Crippen LogP contribution in [-0.2, 0) is 29.0 Å². The van der Waals surface area contributed by atoms with Crippen molar-refractivity contribution in [2.45, 2.75) is 67.0 Å². The van der Waals surface area contributed by atoms with E-state index in [-0.39, 0.29) is 11.1 Å². The number of benzene rings is 2. The Morgan fingerprint density at radius 3 is 1.15 bits per heavy atom. The number of aryl methyl sites for hydroxylation is 4. The SMILES string of the molecule is Cc1cc(C)cc(C(=O)OOC(C)(C)OC(=O)OC(C)(C)OOC(=O)c2cc(C)cc(C)c2)c1. The lowest BCUT2D eigenvalue weighted by molar-refractivity contribution is -0.391. The minimum atomic E-state index is -1.68. The molecule has 0 unspecified atom stereocenters.